The Morgan fingerprint density at radius 2 is 1.65 bits per heavy atom. The fourth-order valence-corrected chi connectivity index (χ4v) is 2.78. The molecule has 1 amide bonds. The summed E-state index contributed by atoms with van der Waals surface area (Å²) in [5.74, 6) is -0.222. The average Bonchev–Trinajstić information content (AvgIpc) is 3.04. The zero-order chi connectivity index (χ0) is 18.5. The number of hydrogen-bond donors (Lipinski definition) is 1. The smallest absolute Gasteiger partial charge is 0.274 e. The van der Waals surface area contributed by atoms with Gasteiger partial charge in [0.25, 0.3) is 5.91 Å². The second kappa shape index (κ2) is 7.93. The largest absolute Gasteiger partial charge is 0.342 e. The summed E-state index contributed by atoms with van der Waals surface area (Å²) in [6.45, 7) is 2.49. The second-order valence-electron chi connectivity index (χ2n) is 6.46. The Morgan fingerprint density at radius 3 is 2.27 bits per heavy atom. The lowest BCUT2D eigenvalue weighted by Gasteiger charge is -2.22. The predicted octanol–water partition coefficient (Wildman–Crippen LogP) is 2.61. The molecule has 0 aliphatic carbocycles. The Balaban J connectivity index is 1.83. The van der Waals surface area contributed by atoms with Crippen LogP contribution in [0.2, 0.25) is 0 Å². The van der Waals surface area contributed by atoms with Crippen LogP contribution in [-0.4, -0.2) is 46.4 Å². The molecule has 3 rings (SSSR count). The van der Waals surface area contributed by atoms with E-state index in [1.807, 2.05) is 79.7 Å². The number of carbonyl (C=O) groups is 1. The van der Waals surface area contributed by atoms with Crippen LogP contribution in [0.15, 0.2) is 60.7 Å². The molecule has 0 unspecified atom stereocenters. The molecule has 134 valence electrons. The number of hydrogen-bond acceptors (Lipinski definition) is 4. The van der Waals surface area contributed by atoms with Crippen LogP contribution in [0.1, 0.15) is 27.8 Å². The molecule has 1 atom stereocenters. The maximum absolute atomic E-state index is 12.8. The van der Waals surface area contributed by atoms with Crippen molar-refractivity contribution in [2.45, 2.75) is 13.0 Å². The monoisotopic (exact) mass is 349 g/mol. The van der Waals surface area contributed by atoms with Gasteiger partial charge in [-0.1, -0.05) is 48.5 Å². The van der Waals surface area contributed by atoms with Crippen molar-refractivity contribution in [2.75, 3.05) is 20.6 Å². The molecule has 6 nitrogen and oxygen atoms in total. The molecular weight excluding hydrogens is 326 g/mol. The van der Waals surface area contributed by atoms with Crippen LogP contribution in [0, 0.1) is 6.92 Å². The fourth-order valence-electron chi connectivity index (χ4n) is 2.78. The molecule has 0 bridgehead atoms. The second-order valence-corrected chi connectivity index (χ2v) is 6.46. The van der Waals surface area contributed by atoms with E-state index in [0.29, 0.717) is 17.9 Å². The lowest BCUT2D eigenvalue weighted by molar-refractivity contribution is 0.0924. The Kier molecular flexibility index (Phi) is 5.43. The predicted molar refractivity (Wildman–Crippen MR) is 101 cm³/mol. The van der Waals surface area contributed by atoms with E-state index in [0.717, 1.165) is 11.3 Å². The lowest BCUT2D eigenvalue weighted by Crippen LogP contribution is -2.35. The number of aryl methyl sites for hydroxylation is 1. The van der Waals surface area contributed by atoms with Crippen LogP contribution in [0.4, 0.5) is 0 Å². The van der Waals surface area contributed by atoms with Crippen LogP contribution in [-0.2, 0) is 0 Å². The molecule has 0 aliphatic rings. The highest BCUT2D eigenvalue weighted by molar-refractivity contribution is 5.93. The van der Waals surface area contributed by atoms with Crippen molar-refractivity contribution in [1.82, 2.24) is 25.2 Å². The first-order valence-corrected chi connectivity index (χ1v) is 8.54. The van der Waals surface area contributed by atoms with Gasteiger partial charge in [-0.15, -0.1) is 5.10 Å². The topological polar surface area (TPSA) is 63.1 Å². The summed E-state index contributed by atoms with van der Waals surface area (Å²) < 4.78 is 0. The van der Waals surface area contributed by atoms with Crippen LogP contribution in [0.3, 0.4) is 0 Å². The summed E-state index contributed by atoms with van der Waals surface area (Å²) in [6.07, 6.45) is 0. The molecule has 0 aliphatic heterocycles. The van der Waals surface area contributed by atoms with Gasteiger partial charge >= 0.3 is 0 Å². The van der Waals surface area contributed by atoms with E-state index < -0.39 is 0 Å². The zero-order valence-corrected chi connectivity index (χ0v) is 15.3. The Bertz CT molecular complexity index is 858. The summed E-state index contributed by atoms with van der Waals surface area (Å²) in [5.41, 5.74) is 2.82. The first-order valence-electron chi connectivity index (χ1n) is 8.54. The van der Waals surface area contributed by atoms with Crippen LogP contribution in [0.25, 0.3) is 5.69 Å². The third-order valence-corrected chi connectivity index (χ3v) is 4.04. The molecule has 0 saturated carbocycles. The van der Waals surface area contributed by atoms with Crippen molar-refractivity contribution < 1.29 is 4.79 Å². The van der Waals surface area contributed by atoms with Gasteiger partial charge < -0.3 is 10.2 Å². The summed E-state index contributed by atoms with van der Waals surface area (Å²) in [4.78, 5) is 16.4. The Hall–Kier alpha value is -2.99. The minimum atomic E-state index is -0.222. The van der Waals surface area contributed by atoms with Crippen LogP contribution >= 0.6 is 0 Å². The number of aromatic nitrogens is 3. The molecule has 0 fully saturated rings. The van der Waals surface area contributed by atoms with E-state index in [-0.39, 0.29) is 11.9 Å². The van der Waals surface area contributed by atoms with Gasteiger partial charge in [-0.2, -0.15) is 9.90 Å². The first-order chi connectivity index (χ1) is 12.5. The summed E-state index contributed by atoms with van der Waals surface area (Å²) >= 11 is 0. The van der Waals surface area contributed by atoms with Crippen molar-refractivity contribution in [3.05, 3.63) is 77.6 Å². The first kappa shape index (κ1) is 17.8. The van der Waals surface area contributed by atoms with Gasteiger partial charge in [0.1, 0.15) is 0 Å². The molecule has 1 aromatic heterocycles. The molecule has 1 heterocycles. The minimum absolute atomic E-state index is 0.125. The van der Waals surface area contributed by atoms with E-state index in [4.69, 9.17) is 0 Å². The van der Waals surface area contributed by atoms with Gasteiger partial charge in [-0.25, -0.2) is 0 Å². The zero-order valence-electron chi connectivity index (χ0n) is 15.3. The average molecular weight is 349 g/mol. The highest BCUT2D eigenvalue weighted by Gasteiger charge is 2.21. The van der Waals surface area contributed by atoms with Gasteiger partial charge in [0, 0.05) is 6.54 Å². The van der Waals surface area contributed by atoms with E-state index >= 15 is 0 Å². The summed E-state index contributed by atoms with van der Waals surface area (Å²) in [5, 5.41) is 11.9. The highest BCUT2D eigenvalue weighted by atomic mass is 16.2. The summed E-state index contributed by atoms with van der Waals surface area (Å²) in [7, 11) is 3.97. The number of para-hydroxylation sites is 1. The normalized spacial score (nSPS) is 12.2. The van der Waals surface area contributed by atoms with Gasteiger partial charge in [-0.05, 0) is 38.7 Å². The lowest BCUT2D eigenvalue weighted by atomic mass is 10.1. The molecule has 3 aromatic rings. The standard InChI is InChI=1S/C20H23N5O/c1-15-19(23-25(22-15)17-12-8-5-9-13-17)20(26)21-18(14-24(2)3)16-10-6-4-7-11-16/h4-13,18H,14H2,1-3H3,(H,21,26)/t18-/m0/s1. The molecule has 0 saturated heterocycles. The molecule has 6 heteroatoms. The van der Waals surface area contributed by atoms with E-state index in [1.165, 1.54) is 4.80 Å². The molecule has 0 spiro atoms. The van der Waals surface area contributed by atoms with E-state index in [2.05, 4.69) is 15.5 Å². The molecule has 1 N–H and O–H groups in total. The number of nitrogens with zero attached hydrogens (tertiary/aromatic N) is 4. The van der Waals surface area contributed by atoms with E-state index in [9.17, 15) is 4.79 Å². The third kappa shape index (κ3) is 4.15. The number of likely N-dealkylation sites (N-methyl/N-ethyl adjacent to an activating group) is 1. The molecule has 0 radical (unpaired) electrons. The van der Waals surface area contributed by atoms with Crippen LogP contribution < -0.4 is 5.32 Å². The van der Waals surface area contributed by atoms with Gasteiger partial charge in [0.05, 0.1) is 17.4 Å². The number of rotatable bonds is 6. The van der Waals surface area contributed by atoms with Crippen molar-refractivity contribution in [3.63, 3.8) is 0 Å². The maximum Gasteiger partial charge on any atom is 0.274 e. The number of amides is 1. The van der Waals surface area contributed by atoms with Crippen molar-refractivity contribution in [2.24, 2.45) is 0 Å². The van der Waals surface area contributed by atoms with Gasteiger partial charge in [-0.3, -0.25) is 4.79 Å². The quantitative estimate of drug-likeness (QED) is 0.743. The van der Waals surface area contributed by atoms with Crippen molar-refractivity contribution >= 4 is 5.91 Å². The van der Waals surface area contributed by atoms with Crippen LogP contribution in [0.5, 0.6) is 0 Å². The third-order valence-electron chi connectivity index (χ3n) is 4.04. The number of carbonyl (C=O) groups excluding carboxylic acids is 1. The Labute approximate surface area is 153 Å². The van der Waals surface area contributed by atoms with Gasteiger partial charge in [0.2, 0.25) is 0 Å². The van der Waals surface area contributed by atoms with E-state index in [1.54, 1.807) is 6.92 Å². The molecule has 2 aromatic carbocycles. The fraction of sp³-hybridized carbons (Fsp3) is 0.250. The van der Waals surface area contributed by atoms with Gasteiger partial charge in [0.15, 0.2) is 5.69 Å². The summed E-state index contributed by atoms with van der Waals surface area (Å²) in [6, 6.07) is 19.4. The highest BCUT2D eigenvalue weighted by Crippen LogP contribution is 2.15. The SMILES string of the molecule is Cc1nn(-c2ccccc2)nc1C(=O)N[C@@H](CN(C)C)c1ccccc1. The van der Waals surface area contributed by atoms with Crippen molar-refractivity contribution in [3.8, 4) is 5.69 Å². The van der Waals surface area contributed by atoms with Crippen molar-refractivity contribution in [1.29, 1.82) is 0 Å². The Morgan fingerprint density at radius 1 is 1.04 bits per heavy atom. The number of nitrogens with one attached hydrogen (secondary N) is 1. The minimum Gasteiger partial charge on any atom is -0.342 e. The molecular formula is C20H23N5O. The molecule has 26 heavy (non-hydrogen) atoms. The maximum atomic E-state index is 12.8. The number of benzene rings is 2.